The number of thiazole rings is 1. The van der Waals surface area contributed by atoms with Crippen LogP contribution in [0.2, 0.25) is 0 Å². The minimum Gasteiger partial charge on any atom is -0.316 e. The Balaban J connectivity index is 2.16. The lowest BCUT2D eigenvalue weighted by Crippen LogP contribution is -2.23. The van der Waals surface area contributed by atoms with Crippen LogP contribution in [0.3, 0.4) is 0 Å². The highest BCUT2D eigenvalue weighted by molar-refractivity contribution is 9.10. The zero-order valence-corrected chi connectivity index (χ0v) is 14.0. The van der Waals surface area contributed by atoms with Gasteiger partial charge in [0.15, 0.2) is 0 Å². The summed E-state index contributed by atoms with van der Waals surface area (Å²) in [6.45, 7) is 0.935. The topological polar surface area (TPSA) is 71.1 Å². The van der Waals surface area contributed by atoms with Gasteiger partial charge in [0, 0.05) is 28.6 Å². The fraction of sp³-hybridized carbons (Fsp3) is 0.250. The first-order valence-electron chi connectivity index (χ1n) is 5.83. The summed E-state index contributed by atoms with van der Waals surface area (Å²) in [7, 11) is -1.69. The molecule has 108 valence electrons. The molecule has 0 fully saturated rings. The molecule has 0 saturated heterocycles. The van der Waals surface area contributed by atoms with Crippen LogP contribution >= 0.6 is 27.3 Å². The molecule has 2 N–H and O–H groups in total. The van der Waals surface area contributed by atoms with Gasteiger partial charge in [-0.15, -0.1) is 11.3 Å². The van der Waals surface area contributed by atoms with E-state index in [0.29, 0.717) is 11.0 Å². The molecule has 5 nitrogen and oxygen atoms in total. The van der Waals surface area contributed by atoms with Crippen LogP contribution in [0.1, 0.15) is 10.4 Å². The normalized spacial score (nSPS) is 11.7. The van der Waals surface area contributed by atoms with Gasteiger partial charge in [0.1, 0.15) is 0 Å². The Hall–Kier alpha value is -0.800. The molecule has 8 heteroatoms. The second-order valence-electron chi connectivity index (χ2n) is 4.09. The highest BCUT2D eigenvalue weighted by Crippen LogP contribution is 2.23. The number of aromatic nitrogens is 1. The van der Waals surface area contributed by atoms with E-state index in [1.807, 2.05) is 7.05 Å². The molecule has 0 saturated carbocycles. The Morgan fingerprint density at radius 2 is 2.15 bits per heavy atom. The number of rotatable bonds is 6. The van der Waals surface area contributed by atoms with Crippen LogP contribution in [0.15, 0.2) is 39.3 Å². The summed E-state index contributed by atoms with van der Waals surface area (Å²) in [6.07, 6.45) is 1.65. The Kier molecular flexibility index (Phi) is 5.28. The molecule has 0 aliphatic rings. The first-order chi connectivity index (χ1) is 9.53. The second-order valence-corrected chi connectivity index (χ2v) is 7.65. The lowest BCUT2D eigenvalue weighted by atomic mass is 10.2. The maximum atomic E-state index is 12.2. The van der Waals surface area contributed by atoms with Crippen molar-refractivity contribution in [3.63, 3.8) is 0 Å². The molecular weight excluding hydrogens is 362 g/mol. The highest BCUT2D eigenvalue weighted by atomic mass is 79.9. The van der Waals surface area contributed by atoms with Crippen molar-refractivity contribution in [2.24, 2.45) is 0 Å². The monoisotopic (exact) mass is 375 g/mol. The van der Waals surface area contributed by atoms with Crippen molar-refractivity contribution < 1.29 is 8.42 Å². The van der Waals surface area contributed by atoms with Crippen molar-refractivity contribution in [1.82, 2.24) is 15.0 Å². The average molecular weight is 376 g/mol. The molecule has 0 aliphatic heterocycles. The van der Waals surface area contributed by atoms with Crippen LogP contribution < -0.4 is 10.0 Å². The first-order valence-corrected chi connectivity index (χ1v) is 8.98. The molecule has 1 heterocycles. The minimum absolute atomic E-state index is 0.238. The summed E-state index contributed by atoms with van der Waals surface area (Å²) in [5.41, 5.74) is 2.69. The molecule has 2 rings (SSSR count). The summed E-state index contributed by atoms with van der Waals surface area (Å²) in [4.78, 5) is 5.02. The van der Waals surface area contributed by atoms with Crippen LogP contribution in [-0.4, -0.2) is 20.4 Å². The van der Waals surface area contributed by atoms with Crippen molar-refractivity contribution in [2.45, 2.75) is 18.0 Å². The molecule has 0 bridgehead atoms. The number of halogens is 1. The summed E-state index contributed by atoms with van der Waals surface area (Å²) >= 11 is 4.73. The van der Waals surface area contributed by atoms with E-state index >= 15 is 0 Å². The molecule has 0 aliphatic carbocycles. The number of hydrogen-bond acceptors (Lipinski definition) is 5. The quantitative estimate of drug-likeness (QED) is 0.810. The van der Waals surface area contributed by atoms with Gasteiger partial charge >= 0.3 is 0 Å². The minimum atomic E-state index is -3.54. The number of hydrogen-bond donors (Lipinski definition) is 2. The van der Waals surface area contributed by atoms with Crippen LogP contribution in [0, 0.1) is 0 Å². The maximum Gasteiger partial charge on any atom is 0.242 e. The van der Waals surface area contributed by atoms with E-state index in [1.165, 1.54) is 11.3 Å². The van der Waals surface area contributed by atoms with E-state index in [-0.39, 0.29) is 11.4 Å². The van der Waals surface area contributed by atoms with E-state index < -0.39 is 10.0 Å². The third kappa shape index (κ3) is 3.86. The fourth-order valence-corrected chi connectivity index (χ4v) is 4.40. The molecule has 2 aromatic rings. The molecule has 0 radical (unpaired) electrons. The predicted molar refractivity (Wildman–Crippen MR) is 83.0 cm³/mol. The molecule has 0 unspecified atom stereocenters. The van der Waals surface area contributed by atoms with Gasteiger partial charge in [0.25, 0.3) is 0 Å². The predicted octanol–water partition coefficient (Wildman–Crippen LogP) is 2.10. The van der Waals surface area contributed by atoms with E-state index in [9.17, 15) is 8.42 Å². The third-order valence-corrected chi connectivity index (χ3v) is 5.74. The number of sulfonamides is 1. The lowest BCUT2D eigenvalue weighted by Gasteiger charge is -2.09. The number of nitrogens with zero attached hydrogens (tertiary/aromatic N) is 1. The molecule has 1 aromatic carbocycles. The average Bonchev–Trinajstić information content (AvgIpc) is 2.90. The zero-order valence-electron chi connectivity index (χ0n) is 10.8. The second kappa shape index (κ2) is 6.77. The van der Waals surface area contributed by atoms with Crippen molar-refractivity contribution in [1.29, 1.82) is 0 Å². The SMILES string of the molecule is CNCc1ccc(S(=O)(=O)NCc2cncs2)c(Br)c1. The van der Waals surface area contributed by atoms with Crippen LogP contribution in [0.4, 0.5) is 0 Å². The van der Waals surface area contributed by atoms with Crippen LogP contribution in [-0.2, 0) is 23.1 Å². The highest BCUT2D eigenvalue weighted by Gasteiger charge is 2.17. The van der Waals surface area contributed by atoms with Gasteiger partial charge in [0.2, 0.25) is 10.0 Å². The molecular formula is C12H14BrN3O2S2. The lowest BCUT2D eigenvalue weighted by molar-refractivity contribution is 0.581. The fourth-order valence-electron chi connectivity index (χ4n) is 1.65. The van der Waals surface area contributed by atoms with Crippen molar-refractivity contribution in [3.8, 4) is 0 Å². The Labute approximate surface area is 130 Å². The molecule has 0 amide bonds. The summed E-state index contributed by atoms with van der Waals surface area (Å²) < 4.78 is 27.6. The van der Waals surface area contributed by atoms with Crippen molar-refractivity contribution in [2.75, 3.05) is 7.05 Å². The van der Waals surface area contributed by atoms with Gasteiger partial charge in [-0.05, 0) is 40.7 Å². The van der Waals surface area contributed by atoms with E-state index in [2.05, 4.69) is 31.0 Å². The van der Waals surface area contributed by atoms with Crippen LogP contribution in [0.5, 0.6) is 0 Å². The molecule has 0 spiro atoms. The van der Waals surface area contributed by atoms with Crippen molar-refractivity contribution >= 4 is 37.3 Å². The largest absolute Gasteiger partial charge is 0.316 e. The standard InChI is InChI=1S/C12H14BrN3O2S2/c1-14-5-9-2-3-12(11(13)4-9)20(17,18)16-7-10-6-15-8-19-10/h2-4,6,8,14,16H,5,7H2,1H3. The van der Waals surface area contributed by atoms with Crippen LogP contribution in [0.25, 0.3) is 0 Å². The molecule has 20 heavy (non-hydrogen) atoms. The van der Waals surface area contributed by atoms with E-state index in [4.69, 9.17) is 0 Å². The smallest absolute Gasteiger partial charge is 0.242 e. The van der Waals surface area contributed by atoms with Gasteiger partial charge in [-0.3, -0.25) is 4.98 Å². The maximum absolute atomic E-state index is 12.2. The third-order valence-electron chi connectivity index (χ3n) is 2.59. The first kappa shape index (κ1) is 15.6. The summed E-state index contributed by atoms with van der Waals surface area (Å²) in [5, 5.41) is 3.02. The summed E-state index contributed by atoms with van der Waals surface area (Å²) in [5.74, 6) is 0. The molecule has 1 aromatic heterocycles. The summed E-state index contributed by atoms with van der Waals surface area (Å²) in [6, 6.07) is 5.20. The Morgan fingerprint density at radius 3 is 2.75 bits per heavy atom. The van der Waals surface area contributed by atoms with Gasteiger partial charge in [-0.1, -0.05) is 6.07 Å². The van der Waals surface area contributed by atoms with Gasteiger partial charge in [-0.2, -0.15) is 0 Å². The zero-order chi connectivity index (χ0) is 14.6. The van der Waals surface area contributed by atoms with Crippen molar-refractivity contribution in [3.05, 3.63) is 44.8 Å². The Bertz CT molecular complexity index is 672. The number of benzene rings is 1. The number of nitrogens with one attached hydrogen (secondary N) is 2. The van der Waals surface area contributed by atoms with Gasteiger partial charge < -0.3 is 5.32 Å². The van der Waals surface area contributed by atoms with E-state index in [1.54, 1.807) is 29.9 Å². The Morgan fingerprint density at radius 1 is 1.35 bits per heavy atom. The van der Waals surface area contributed by atoms with E-state index in [0.717, 1.165) is 10.4 Å². The van der Waals surface area contributed by atoms with Gasteiger partial charge in [-0.25, -0.2) is 13.1 Å². The molecule has 0 atom stereocenters. The van der Waals surface area contributed by atoms with Gasteiger partial charge in [0.05, 0.1) is 10.4 Å².